The van der Waals surface area contributed by atoms with Gasteiger partial charge < -0.3 is 14.7 Å². The zero-order valence-electron chi connectivity index (χ0n) is 12.5. The second-order valence-corrected chi connectivity index (χ2v) is 4.73. The first-order valence-corrected chi connectivity index (χ1v) is 6.67. The minimum absolute atomic E-state index is 0.0426. The molecule has 0 saturated carbocycles. The van der Waals surface area contributed by atoms with Gasteiger partial charge in [-0.05, 0) is 18.2 Å². The van der Waals surface area contributed by atoms with Crippen molar-refractivity contribution >= 4 is 17.7 Å². The topological polar surface area (TPSA) is 83.9 Å². The van der Waals surface area contributed by atoms with Crippen LogP contribution in [0.15, 0.2) is 18.2 Å². The van der Waals surface area contributed by atoms with Crippen molar-refractivity contribution in [3.8, 4) is 5.75 Å². The summed E-state index contributed by atoms with van der Waals surface area (Å²) in [6.07, 6.45) is -0.273. The first-order valence-electron chi connectivity index (χ1n) is 6.67. The Kier molecular flexibility index (Phi) is 6.49. The fraction of sp³-hybridized carbons (Fsp3) is 0.400. The van der Waals surface area contributed by atoms with Gasteiger partial charge in [0.1, 0.15) is 0 Å². The molecule has 1 aromatic carbocycles. The highest BCUT2D eigenvalue weighted by molar-refractivity contribution is 5.98. The van der Waals surface area contributed by atoms with Crippen molar-refractivity contribution in [2.45, 2.75) is 19.3 Å². The molecule has 0 saturated heterocycles. The highest BCUT2D eigenvalue weighted by Gasteiger charge is 2.15. The maximum absolute atomic E-state index is 13.5. The molecular weight excluding hydrogens is 293 g/mol. The van der Waals surface area contributed by atoms with Gasteiger partial charge in [0, 0.05) is 32.0 Å². The molecule has 1 N–H and O–H groups in total. The highest BCUT2D eigenvalue weighted by Crippen LogP contribution is 2.19. The zero-order valence-corrected chi connectivity index (χ0v) is 12.5. The molecule has 0 spiro atoms. The predicted molar refractivity (Wildman–Crippen MR) is 76.4 cm³/mol. The molecule has 6 nitrogen and oxygen atoms in total. The van der Waals surface area contributed by atoms with Crippen LogP contribution in [0.1, 0.15) is 29.6 Å². The van der Waals surface area contributed by atoms with E-state index < -0.39 is 11.8 Å². The Morgan fingerprint density at radius 2 is 1.91 bits per heavy atom. The van der Waals surface area contributed by atoms with Crippen LogP contribution in [0.2, 0.25) is 0 Å². The van der Waals surface area contributed by atoms with E-state index in [4.69, 9.17) is 9.84 Å². The standard InChI is InChI=1S/C15H18FNO5/c1-17(8-7-15(20)21)14(19)6-4-12(18)10-3-5-13(22-2)11(16)9-10/h3,5,9H,4,6-8H2,1-2H3,(H,20,21). The van der Waals surface area contributed by atoms with Gasteiger partial charge in [0.15, 0.2) is 17.3 Å². The van der Waals surface area contributed by atoms with Crippen LogP contribution >= 0.6 is 0 Å². The molecular formula is C15H18FNO5. The van der Waals surface area contributed by atoms with Gasteiger partial charge in [0.05, 0.1) is 13.5 Å². The second kappa shape index (κ2) is 8.11. The number of halogens is 1. The maximum Gasteiger partial charge on any atom is 0.305 e. The largest absolute Gasteiger partial charge is 0.494 e. The molecule has 0 unspecified atom stereocenters. The third-order valence-electron chi connectivity index (χ3n) is 3.13. The number of aliphatic carboxylic acids is 1. The van der Waals surface area contributed by atoms with Gasteiger partial charge >= 0.3 is 5.97 Å². The van der Waals surface area contributed by atoms with E-state index in [0.29, 0.717) is 0 Å². The van der Waals surface area contributed by atoms with E-state index in [9.17, 15) is 18.8 Å². The number of Topliss-reactive ketones (excluding diaryl/α,β-unsaturated/α-hetero) is 1. The minimum atomic E-state index is -0.996. The maximum atomic E-state index is 13.5. The second-order valence-electron chi connectivity index (χ2n) is 4.73. The third-order valence-corrected chi connectivity index (χ3v) is 3.13. The zero-order chi connectivity index (χ0) is 16.7. The lowest BCUT2D eigenvalue weighted by Crippen LogP contribution is -2.29. The van der Waals surface area contributed by atoms with E-state index in [0.717, 1.165) is 6.07 Å². The van der Waals surface area contributed by atoms with Gasteiger partial charge in [0.25, 0.3) is 0 Å². The third kappa shape index (κ3) is 5.16. The average molecular weight is 311 g/mol. The summed E-state index contributed by atoms with van der Waals surface area (Å²) in [4.78, 5) is 35.3. The van der Waals surface area contributed by atoms with E-state index in [1.165, 1.54) is 31.2 Å². The molecule has 0 aliphatic rings. The van der Waals surface area contributed by atoms with Crippen molar-refractivity contribution in [3.05, 3.63) is 29.6 Å². The van der Waals surface area contributed by atoms with Gasteiger partial charge in [-0.1, -0.05) is 0 Å². The van der Waals surface area contributed by atoms with Crippen molar-refractivity contribution in [1.29, 1.82) is 0 Å². The average Bonchev–Trinajstić information content (AvgIpc) is 2.49. The van der Waals surface area contributed by atoms with Crippen LogP contribution in [0.3, 0.4) is 0 Å². The number of rotatable bonds is 8. The Morgan fingerprint density at radius 3 is 2.45 bits per heavy atom. The van der Waals surface area contributed by atoms with Crippen LogP contribution in [-0.2, 0) is 9.59 Å². The van der Waals surface area contributed by atoms with Gasteiger partial charge in [-0.15, -0.1) is 0 Å². The van der Waals surface area contributed by atoms with Crippen LogP contribution in [-0.4, -0.2) is 48.4 Å². The summed E-state index contributed by atoms with van der Waals surface area (Å²) in [5.41, 5.74) is 0.166. The van der Waals surface area contributed by atoms with Crippen LogP contribution in [0, 0.1) is 5.82 Å². The smallest absolute Gasteiger partial charge is 0.305 e. The predicted octanol–water partition coefficient (Wildman–Crippen LogP) is 1.73. The number of carbonyl (C=O) groups is 3. The molecule has 1 rings (SSSR count). The van der Waals surface area contributed by atoms with Crippen molar-refractivity contribution < 1.29 is 28.6 Å². The van der Waals surface area contributed by atoms with E-state index in [-0.39, 0.29) is 48.8 Å². The monoisotopic (exact) mass is 311 g/mol. The number of carboxylic acids is 1. The quantitative estimate of drug-likeness (QED) is 0.739. The van der Waals surface area contributed by atoms with E-state index >= 15 is 0 Å². The molecule has 0 heterocycles. The lowest BCUT2D eigenvalue weighted by Gasteiger charge is -2.15. The number of ketones is 1. The van der Waals surface area contributed by atoms with Crippen LogP contribution in [0.4, 0.5) is 4.39 Å². The Bertz CT molecular complexity index is 573. The summed E-state index contributed by atoms with van der Waals surface area (Å²) in [5, 5.41) is 8.54. The molecule has 22 heavy (non-hydrogen) atoms. The molecule has 0 radical (unpaired) electrons. The SMILES string of the molecule is COc1ccc(C(=O)CCC(=O)N(C)CCC(=O)O)cc1F. The Balaban J connectivity index is 2.53. The summed E-state index contributed by atoms with van der Waals surface area (Å²) >= 11 is 0. The van der Waals surface area contributed by atoms with Gasteiger partial charge in [-0.2, -0.15) is 0 Å². The normalized spacial score (nSPS) is 10.1. The number of benzene rings is 1. The fourth-order valence-corrected chi connectivity index (χ4v) is 1.78. The van der Waals surface area contributed by atoms with Crippen LogP contribution < -0.4 is 4.74 Å². The number of hydrogen-bond donors (Lipinski definition) is 1. The van der Waals surface area contributed by atoms with E-state index in [2.05, 4.69) is 0 Å². The lowest BCUT2D eigenvalue weighted by molar-refractivity contribution is -0.138. The van der Waals surface area contributed by atoms with Crippen LogP contribution in [0.5, 0.6) is 5.75 Å². The lowest BCUT2D eigenvalue weighted by atomic mass is 10.1. The fourth-order valence-electron chi connectivity index (χ4n) is 1.78. The van der Waals surface area contributed by atoms with Gasteiger partial charge in [0.2, 0.25) is 5.91 Å². The Morgan fingerprint density at radius 1 is 1.23 bits per heavy atom. The minimum Gasteiger partial charge on any atom is -0.494 e. The van der Waals surface area contributed by atoms with Crippen molar-refractivity contribution in [1.82, 2.24) is 4.90 Å². The number of carboxylic acid groups (broad SMARTS) is 1. The molecule has 0 bridgehead atoms. The molecule has 1 aromatic rings. The Labute approximate surface area is 127 Å². The van der Waals surface area contributed by atoms with Crippen molar-refractivity contribution in [3.63, 3.8) is 0 Å². The summed E-state index contributed by atoms with van der Waals surface area (Å²) < 4.78 is 18.3. The van der Waals surface area contributed by atoms with Gasteiger partial charge in [-0.3, -0.25) is 14.4 Å². The number of carbonyl (C=O) groups excluding carboxylic acids is 2. The first-order chi connectivity index (χ1) is 10.3. The molecule has 0 aliphatic heterocycles. The van der Waals surface area contributed by atoms with Crippen LogP contribution in [0.25, 0.3) is 0 Å². The highest BCUT2D eigenvalue weighted by atomic mass is 19.1. The molecule has 120 valence electrons. The molecule has 0 aliphatic carbocycles. The molecule has 0 atom stereocenters. The number of hydrogen-bond acceptors (Lipinski definition) is 4. The summed E-state index contributed by atoms with van der Waals surface area (Å²) in [7, 11) is 2.80. The van der Waals surface area contributed by atoms with Crippen molar-refractivity contribution in [2.24, 2.45) is 0 Å². The number of nitrogens with zero attached hydrogens (tertiary/aromatic N) is 1. The molecule has 7 heteroatoms. The Hall–Kier alpha value is -2.44. The number of methoxy groups -OCH3 is 1. The van der Waals surface area contributed by atoms with E-state index in [1.54, 1.807) is 0 Å². The molecule has 0 aromatic heterocycles. The van der Waals surface area contributed by atoms with E-state index in [1.807, 2.05) is 0 Å². The summed E-state index contributed by atoms with van der Waals surface area (Å²) in [6.45, 7) is 0.0829. The number of amides is 1. The molecule has 1 amide bonds. The summed E-state index contributed by atoms with van der Waals surface area (Å²) in [5.74, 6) is -2.28. The van der Waals surface area contributed by atoms with Crippen molar-refractivity contribution in [2.75, 3.05) is 20.7 Å². The first kappa shape index (κ1) is 17.6. The number of ether oxygens (including phenoxy) is 1. The molecule has 0 fully saturated rings. The van der Waals surface area contributed by atoms with Gasteiger partial charge in [-0.25, -0.2) is 4.39 Å². The summed E-state index contributed by atoms with van der Waals surface area (Å²) in [6, 6.07) is 3.85.